The molecule has 11 heavy (non-hydrogen) atoms. The van der Waals surface area contributed by atoms with Gasteiger partial charge < -0.3 is 10.2 Å². The first-order valence-electron chi connectivity index (χ1n) is 2.59. The Hall–Kier alpha value is -0.993. The molecular weight excluding hydrogens is 151 g/mol. The van der Waals surface area contributed by atoms with Gasteiger partial charge in [0.15, 0.2) is 0 Å². The zero-order valence-electron chi connectivity index (χ0n) is 5.77. The molecule has 0 saturated heterocycles. The standard InChI is InChI=1S/C2H2O4.C2H3O2.Li/c3-1(4)2(5)6;1-2(3)4;/h(H,3,4)(H,5,6);1H2,(H,3,4);. The number of carboxylic acid groups (broad SMARTS) is 3. The van der Waals surface area contributed by atoms with Crippen molar-refractivity contribution in [3.05, 3.63) is 0 Å². The van der Waals surface area contributed by atoms with Crippen molar-refractivity contribution in [2.45, 2.75) is 5.09 Å². The molecule has 0 fully saturated rings. The number of rotatable bonds is 1. The van der Waals surface area contributed by atoms with Gasteiger partial charge in [0.25, 0.3) is 0 Å². The Morgan fingerprint density at radius 3 is 1.18 bits per heavy atom. The van der Waals surface area contributed by atoms with Crippen LogP contribution in [0.2, 0.25) is 5.09 Å². The molecule has 0 aromatic heterocycles. The minimum absolute atomic E-state index is 0.222. The van der Waals surface area contributed by atoms with Gasteiger partial charge in [-0.2, -0.15) is 0 Å². The molecule has 0 bridgehead atoms. The second kappa shape index (κ2) is 7.12. The van der Waals surface area contributed by atoms with Gasteiger partial charge in [-0.25, -0.2) is 9.59 Å². The summed E-state index contributed by atoms with van der Waals surface area (Å²) >= 11 is 1.60. The zero-order valence-corrected chi connectivity index (χ0v) is 5.77. The third kappa shape index (κ3) is 17.6. The molecule has 0 aliphatic rings. The predicted octanol–water partition coefficient (Wildman–Crippen LogP) is -1.19. The van der Waals surface area contributed by atoms with Crippen LogP contribution in [0.1, 0.15) is 0 Å². The molecule has 0 rings (SSSR count). The van der Waals surface area contributed by atoms with E-state index in [9.17, 15) is 4.79 Å². The Labute approximate surface area is 71.0 Å². The molecule has 3 N–H and O–H groups in total. The number of hydrogen-bond acceptors (Lipinski definition) is 3. The van der Waals surface area contributed by atoms with E-state index in [1.807, 2.05) is 0 Å². The Morgan fingerprint density at radius 1 is 1.00 bits per heavy atom. The quantitative estimate of drug-likeness (QED) is 0.325. The summed E-state index contributed by atoms with van der Waals surface area (Å²) in [5, 5.41) is 22.7. The summed E-state index contributed by atoms with van der Waals surface area (Å²) < 4.78 is 0. The van der Waals surface area contributed by atoms with Crippen LogP contribution in [0.25, 0.3) is 0 Å². The van der Waals surface area contributed by atoms with Crippen LogP contribution in [0.3, 0.4) is 0 Å². The second-order valence-electron chi connectivity index (χ2n) is 1.36. The van der Waals surface area contributed by atoms with E-state index in [0.717, 1.165) is 0 Å². The normalized spacial score (nSPS) is 7.45. The van der Waals surface area contributed by atoms with Crippen LogP contribution in [0.5, 0.6) is 0 Å². The molecule has 0 heterocycles. The van der Waals surface area contributed by atoms with Gasteiger partial charge in [-0.05, 0) is 0 Å². The maximum absolute atomic E-state index is 9.37. The van der Waals surface area contributed by atoms with E-state index in [0.29, 0.717) is 0 Å². The van der Waals surface area contributed by atoms with Crippen molar-refractivity contribution in [1.29, 1.82) is 0 Å². The van der Waals surface area contributed by atoms with Gasteiger partial charge in [0, 0.05) is 0 Å². The van der Waals surface area contributed by atoms with E-state index in [2.05, 4.69) is 0 Å². The van der Waals surface area contributed by atoms with Crippen molar-refractivity contribution >= 4 is 35.6 Å². The number of aliphatic carboxylic acids is 3. The first-order valence-corrected chi connectivity index (χ1v) is 2.59. The zero-order chi connectivity index (χ0) is 9.44. The van der Waals surface area contributed by atoms with Gasteiger partial charge >= 0.3 is 50.6 Å². The molecule has 58 valence electrons. The summed E-state index contributed by atoms with van der Waals surface area (Å²) in [4.78, 5) is 27.6. The molecule has 6 nitrogen and oxygen atoms in total. The van der Waals surface area contributed by atoms with E-state index < -0.39 is 17.9 Å². The van der Waals surface area contributed by atoms with Crippen LogP contribution < -0.4 is 0 Å². The number of carboxylic acids is 3. The first-order chi connectivity index (χ1) is 4.91. The molecule has 7 heteroatoms. The van der Waals surface area contributed by atoms with E-state index in [1.165, 1.54) is 0 Å². The van der Waals surface area contributed by atoms with Crippen LogP contribution in [0.4, 0.5) is 0 Å². The summed E-state index contributed by atoms with van der Waals surface area (Å²) in [6, 6.07) is 0. The molecule has 0 atom stereocenters. The van der Waals surface area contributed by atoms with E-state index in [4.69, 9.17) is 24.9 Å². The molecule has 0 aromatic carbocycles. The van der Waals surface area contributed by atoms with E-state index >= 15 is 0 Å². The summed E-state index contributed by atoms with van der Waals surface area (Å²) in [5.41, 5.74) is 0. The van der Waals surface area contributed by atoms with Crippen molar-refractivity contribution in [2.24, 2.45) is 0 Å². The molecule has 0 saturated carbocycles. The van der Waals surface area contributed by atoms with Crippen molar-refractivity contribution < 1.29 is 29.7 Å². The maximum atomic E-state index is 9.37. The topological polar surface area (TPSA) is 112 Å². The molecule has 0 spiro atoms. The van der Waals surface area contributed by atoms with E-state index in [-0.39, 0.29) is 5.09 Å². The monoisotopic (exact) mass is 156 g/mol. The summed E-state index contributed by atoms with van der Waals surface area (Å²) in [7, 11) is 0. The Morgan fingerprint density at radius 2 is 1.18 bits per heavy atom. The molecule has 0 aliphatic carbocycles. The van der Waals surface area contributed by atoms with Crippen LogP contribution in [0, 0.1) is 0 Å². The molecule has 0 unspecified atom stereocenters. The fraction of sp³-hybridized carbons (Fsp3) is 0.250. The molecule has 0 aliphatic heterocycles. The van der Waals surface area contributed by atoms with Gasteiger partial charge in [-0.15, -0.1) is 0 Å². The van der Waals surface area contributed by atoms with Crippen molar-refractivity contribution in [3.8, 4) is 0 Å². The molecule has 0 aromatic rings. The van der Waals surface area contributed by atoms with Gasteiger partial charge in [0.05, 0.1) is 0 Å². The fourth-order valence-electron chi connectivity index (χ4n) is 0. The predicted molar refractivity (Wildman–Crippen MR) is 33.5 cm³/mol. The minimum atomic E-state index is -1.82. The third-order valence-corrected chi connectivity index (χ3v) is 0.485. The number of hydrogen-bond donors (Lipinski definition) is 3. The second-order valence-corrected chi connectivity index (χ2v) is 1.36. The molecule has 0 amide bonds. The first kappa shape index (κ1) is 12.7. The third-order valence-electron chi connectivity index (χ3n) is 0.485. The van der Waals surface area contributed by atoms with Gasteiger partial charge in [-0.1, -0.05) is 0 Å². The van der Waals surface area contributed by atoms with Crippen LogP contribution >= 0.6 is 0 Å². The SMILES string of the molecule is O=C(O)C(=O)O.[Li][CH2]C(=O)O. The average Bonchev–Trinajstić information content (AvgIpc) is 1.89. The fourth-order valence-corrected chi connectivity index (χ4v) is 0. The van der Waals surface area contributed by atoms with Crippen molar-refractivity contribution in [2.75, 3.05) is 0 Å². The Bertz CT molecular complexity index is 152. The molecular formula is C4H5LiO6. The van der Waals surface area contributed by atoms with Crippen molar-refractivity contribution in [1.82, 2.24) is 0 Å². The Kier molecular flexibility index (Phi) is 8.19. The summed E-state index contributed by atoms with van der Waals surface area (Å²) in [6.07, 6.45) is 0. The van der Waals surface area contributed by atoms with Gasteiger partial charge in [0.2, 0.25) is 0 Å². The van der Waals surface area contributed by atoms with Gasteiger partial charge in [0.1, 0.15) is 0 Å². The Balaban J connectivity index is 0. The van der Waals surface area contributed by atoms with E-state index in [1.54, 1.807) is 17.7 Å². The summed E-state index contributed by atoms with van der Waals surface area (Å²) in [5.74, 6) is -4.39. The van der Waals surface area contributed by atoms with Crippen LogP contribution in [-0.4, -0.2) is 50.9 Å². The average molecular weight is 156 g/mol. The molecule has 0 radical (unpaired) electrons. The van der Waals surface area contributed by atoms with Crippen LogP contribution in [-0.2, 0) is 14.4 Å². The van der Waals surface area contributed by atoms with Gasteiger partial charge in [-0.3, -0.25) is 0 Å². The summed E-state index contributed by atoms with van der Waals surface area (Å²) in [6.45, 7) is 0. The van der Waals surface area contributed by atoms with Crippen molar-refractivity contribution in [3.63, 3.8) is 0 Å². The number of carbonyl (C=O) groups is 3. The van der Waals surface area contributed by atoms with Crippen LogP contribution in [0.15, 0.2) is 0 Å².